The molecule has 26 heavy (non-hydrogen) atoms. The Labute approximate surface area is 159 Å². The summed E-state index contributed by atoms with van der Waals surface area (Å²) in [6, 6.07) is 9.96. The summed E-state index contributed by atoms with van der Waals surface area (Å²) in [6.45, 7) is 8.70. The molecule has 0 heterocycles. The summed E-state index contributed by atoms with van der Waals surface area (Å²) < 4.78 is 5.21. The molecule has 0 aliphatic rings. The highest BCUT2D eigenvalue weighted by Gasteiger charge is 1.98. The molecule has 0 spiro atoms. The second-order valence-electron chi connectivity index (χ2n) is 6.84. The monoisotopic (exact) mass is 352 g/mol. The summed E-state index contributed by atoms with van der Waals surface area (Å²) in [4.78, 5) is 11.8. The van der Waals surface area contributed by atoms with E-state index in [4.69, 9.17) is 4.74 Å². The first-order valence-corrected chi connectivity index (χ1v) is 9.32. The van der Waals surface area contributed by atoms with Crippen LogP contribution in [0.1, 0.15) is 58.9 Å². The van der Waals surface area contributed by atoms with Gasteiger partial charge in [-0.05, 0) is 65.0 Å². The second-order valence-corrected chi connectivity index (χ2v) is 6.84. The first-order chi connectivity index (χ1) is 12.5. The maximum Gasteiger partial charge on any atom is 0.331 e. The van der Waals surface area contributed by atoms with Gasteiger partial charge in [-0.3, -0.25) is 0 Å². The maximum absolute atomic E-state index is 11.8. The minimum atomic E-state index is -0.274. The molecule has 0 aromatic heterocycles. The quantitative estimate of drug-likeness (QED) is 0.267. The zero-order chi connectivity index (χ0) is 19.2. The SMILES string of the molecule is CC(C)=CCC/C(C)=C/CC/C(C)=C/C(=O)OC/C=C/c1ccccc1. The van der Waals surface area contributed by atoms with Gasteiger partial charge in [0.15, 0.2) is 0 Å². The molecule has 2 nitrogen and oxygen atoms in total. The van der Waals surface area contributed by atoms with Gasteiger partial charge in [-0.15, -0.1) is 0 Å². The molecule has 0 amide bonds. The lowest BCUT2D eigenvalue weighted by Gasteiger charge is -2.02. The molecular formula is C24H32O2. The molecule has 0 aliphatic carbocycles. The van der Waals surface area contributed by atoms with Crippen LogP contribution >= 0.6 is 0 Å². The molecule has 1 aromatic carbocycles. The van der Waals surface area contributed by atoms with Crippen molar-refractivity contribution in [3.8, 4) is 0 Å². The lowest BCUT2D eigenvalue weighted by atomic mass is 10.1. The first-order valence-electron chi connectivity index (χ1n) is 9.32. The van der Waals surface area contributed by atoms with Gasteiger partial charge in [0.25, 0.3) is 0 Å². The van der Waals surface area contributed by atoms with Gasteiger partial charge in [0.05, 0.1) is 0 Å². The van der Waals surface area contributed by atoms with E-state index in [0.29, 0.717) is 6.61 Å². The van der Waals surface area contributed by atoms with Gasteiger partial charge < -0.3 is 4.74 Å². The van der Waals surface area contributed by atoms with Crippen LogP contribution in [0.3, 0.4) is 0 Å². The molecule has 1 aromatic rings. The fraction of sp³-hybridized carbons (Fsp3) is 0.375. The Morgan fingerprint density at radius 2 is 1.58 bits per heavy atom. The summed E-state index contributed by atoms with van der Waals surface area (Å²) >= 11 is 0. The van der Waals surface area contributed by atoms with Crippen molar-refractivity contribution >= 4 is 12.0 Å². The Bertz CT molecular complexity index is 657. The van der Waals surface area contributed by atoms with Crippen molar-refractivity contribution in [1.29, 1.82) is 0 Å². The van der Waals surface area contributed by atoms with Crippen LogP contribution < -0.4 is 0 Å². The zero-order valence-electron chi connectivity index (χ0n) is 16.6. The largest absolute Gasteiger partial charge is 0.458 e. The molecule has 0 fully saturated rings. The molecule has 1 rings (SSSR count). The third-order valence-electron chi connectivity index (χ3n) is 3.92. The molecule has 140 valence electrons. The van der Waals surface area contributed by atoms with Crippen LogP contribution in [-0.2, 0) is 9.53 Å². The standard InChI is InChI=1S/C24H32O2/c1-20(2)11-8-12-21(3)13-9-14-22(4)19-24(25)26-18-10-17-23-15-6-5-7-16-23/h5-7,10-11,13,15-17,19H,8-9,12,14,18H2,1-4H3/b17-10+,21-13+,22-19+. The van der Waals surface area contributed by atoms with Gasteiger partial charge in [0, 0.05) is 6.08 Å². The van der Waals surface area contributed by atoms with Gasteiger partial charge in [-0.2, -0.15) is 0 Å². The van der Waals surface area contributed by atoms with E-state index in [9.17, 15) is 4.79 Å². The molecule has 0 unspecified atom stereocenters. The van der Waals surface area contributed by atoms with E-state index in [2.05, 4.69) is 32.9 Å². The summed E-state index contributed by atoms with van der Waals surface area (Å²) in [5.41, 5.74) is 4.93. The average Bonchev–Trinajstić information content (AvgIpc) is 2.59. The average molecular weight is 353 g/mol. The summed E-state index contributed by atoms with van der Waals surface area (Å²) in [5.74, 6) is -0.274. The number of carbonyl (C=O) groups is 1. The lowest BCUT2D eigenvalue weighted by molar-refractivity contribution is -0.136. The fourth-order valence-corrected chi connectivity index (χ4v) is 2.43. The van der Waals surface area contributed by atoms with E-state index in [0.717, 1.165) is 36.8 Å². The van der Waals surface area contributed by atoms with Gasteiger partial charge in [0.1, 0.15) is 6.61 Å². The van der Waals surface area contributed by atoms with E-state index in [-0.39, 0.29) is 5.97 Å². The zero-order valence-corrected chi connectivity index (χ0v) is 16.6. The number of allylic oxidation sites excluding steroid dienone is 5. The van der Waals surface area contributed by atoms with Crippen molar-refractivity contribution < 1.29 is 9.53 Å². The molecular weight excluding hydrogens is 320 g/mol. The van der Waals surface area contributed by atoms with Gasteiger partial charge >= 0.3 is 5.97 Å². The Hall–Kier alpha value is -2.35. The van der Waals surface area contributed by atoms with E-state index < -0.39 is 0 Å². The van der Waals surface area contributed by atoms with E-state index in [1.165, 1.54) is 11.1 Å². The van der Waals surface area contributed by atoms with Crippen molar-refractivity contribution in [3.63, 3.8) is 0 Å². The van der Waals surface area contributed by atoms with Crippen molar-refractivity contribution in [1.82, 2.24) is 0 Å². The number of hydrogen-bond acceptors (Lipinski definition) is 2. The topological polar surface area (TPSA) is 26.3 Å². The Morgan fingerprint density at radius 3 is 2.27 bits per heavy atom. The molecule has 0 radical (unpaired) electrons. The molecule has 0 saturated carbocycles. The molecule has 0 saturated heterocycles. The third-order valence-corrected chi connectivity index (χ3v) is 3.92. The van der Waals surface area contributed by atoms with Crippen molar-refractivity contribution in [3.05, 3.63) is 76.9 Å². The van der Waals surface area contributed by atoms with Gasteiger partial charge in [-0.25, -0.2) is 4.79 Å². The number of hydrogen-bond donors (Lipinski definition) is 0. The maximum atomic E-state index is 11.8. The van der Waals surface area contributed by atoms with E-state index >= 15 is 0 Å². The first kappa shape index (κ1) is 21.7. The highest BCUT2D eigenvalue weighted by Crippen LogP contribution is 2.11. The van der Waals surface area contributed by atoms with Crippen LogP contribution in [-0.4, -0.2) is 12.6 Å². The highest BCUT2D eigenvalue weighted by atomic mass is 16.5. The van der Waals surface area contributed by atoms with E-state index in [1.807, 2.05) is 49.4 Å². The third kappa shape index (κ3) is 11.2. The van der Waals surface area contributed by atoms with Crippen LogP contribution in [0, 0.1) is 0 Å². The van der Waals surface area contributed by atoms with E-state index in [1.54, 1.807) is 6.08 Å². The Balaban J connectivity index is 2.27. The molecule has 0 atom stereocenters. The summed E-state index contributed by atoms with van der Waals surface area (Å²) in [5, 5.41) is 0. The van der Waals surface area contributed by atoms with Crippen LogP contribution in [0.4, 0.5) is 0 Å². The van der Waals surface area contributed by atoms with Crippen LogP contribution in [0.25, 0.3) is 6.08 Å². The highest BCUT2D eigenvalue weighted by molar-refractivity contribution is 5.82. The summed E-state index contributed by atoms with van der Waals surface area (Å²) in [6.07, 6.45) is 14.0. The number of rotatable bonds is 10. The smallest absolute Gasteiger partial charge is 0.331 e. The predicted molar refractivity (Wildman–Crippen MR) is 112 cm³/mol. The van der Waals surface area contributed by atoms with Crippen molar-refractivity contribution in [2.75, 3.05) is 6.61 Å². The lowest BCUT2D eigenvalue weighted by Crippen LogP contribution is -2.01. The molecule has 2 heteroatoms. The van der Waals surface area contributed by atoms with Crippen LogP contribution in [0.2, 0.25) is 0 Å². The Morgan fingerprint density at radius 1 is 0.923 bits per heavy atom. The Kier molecular flexibility index (Phi) is 10.8. The number of benzene rings is 1. The molecule has 0 N–H and O–H groups in total. The van der Waals surface area contributed by atoms with Crippen LogP contribution in [0.15, 0.2) is 71.4 Å². The normalized spacial score (nSPS) is 12.3. The van der Waals surface area contributed by atoms with Crippen LogP contribution in [0.5, 0.6) is 0 Å². The van der Waals surface area contributed by atoms with Gasteiger partial charge in [0.2, 0.25) is 0 Å². The summed E-state index contributed by atoms with van der Waals surface area (Å²) in [7, 11) is 0. The van der Waals surface area contributed by atoms with Crippen molar-refractivity contribution in [2.45, 2.75) is 53.4 Å². The number of ether oxygens (including phenoxy) is 1. The predicted octanol–water partition coefficient (Wildman–Crippen LogP) is 6.66. The van der Waals surface area contributed by atoms with Crippen molar-refractivity contribution in [2.24, 2.45) is 0 Å². The number of carbonyl (C=O) groups excluding carboxylic acids is 1. The van der Waals surface area contributed by atoms with Gasteiger partial charge in [-0.1, -0.05) is 65.3 Å². The second kappa shape index (κ2) is 12.9. The minimum absolute atomic E-state index is 0.274. The molecule has 0 aliphatic heterocycles. The molecule has 0 bridgehead atoms. The minimum Gasteiger partial charge on any atom is -0.458 e. The fourth-order valence-electron chi connectivity index (χ4n) is 2.43. The number of esters is 1.